The summed E-state index contributed by atoms with van der Waals surface area (Å²) >= 11 is 0. The molecule has 0 amide bonds. The number of fused-ring (bicyclic) bond motifs is 3. The molecule has 17 heavy (non-hydrogen) atoms. The Bertz CT molecular complexity index is 610. The van der Waals surface area contributed by atoms with Gasteiger partial charge in [0.2, 0.25) is 0 Å². The molecule has 2 aromatic rings. The Hall–Kier alpha value is -1.77. The zero-order valence-electron chi connectivity index (χ0n) is 10.1. The number of aromatic nitrogens is 1. The van der Waals surface area contributed by atoms with Gasteiger partial charge in [-0.15, -0.1) is 0 Å². The lowest BCUT2D eigenvalue weighted by Gasteiger charge is -2.11. The normalized spacial score (nSPS) is 15.1. The van der Waals surface area contributed by atoms with Gasteiger partial charge >= 0.3 is 0 Å². The van der Waals surface area contributed by atoms with Crippen molar-refractivity contribution in [3.63, 3.8) is 0 Å². The number of H-pyrrole nitrogens is 1. The summed E-state index contributed by atoms with van der Waals surface area (Å²) in [5.74, 6) is 1.08. The van der Waals surface area contributed by atoms with E-state index in [1.54, 1.807) is 7.11 Å². The molecule has 0 unspecified atom stereocenters. The van der Waals surface area contributed by atoms with Gasteiger partial charge in [0.1, 0.15) is 5.75 Å². The molecule has 0 fully saturated rings. The number of ketones is 1. The van der Waals surface area contributed by atoms with E-state index >= 15 is 0 Å². The smallest absolute Gasteiger partial charge is 0.179 e. The van der Waals surface area contributed by atoms with E-state index < -0.39 is 0 Å². The Morgan fingerprint density at radius 2 is 2.12 bits per heavy atom. The number of hydrogen-bond acceptors (Lipinski definition) is 2. The predicted octanol–water partition coefficient (Wildman–Crippen LogP) is 3.00. The van der Waals surface area contributed by atoms with Gasteiger partial charge in [0, 0.05) is 11.8 Å². The quantitative estimate of drug-likeness (QED) is 0.816. The number of rotatable bonds is 1. The number of carbonyl (C=O) groups is 1. The van der Waals surface area contributed by atoms with Crippen molar-refractivity contribution >= 4 is 16.7 Å². The minimum atomic E-state index is 0.226. The lowest BCUT2D eigenvalue weighted by Crippen LogP contribution is -2.09. The number of aromatic amines is 1. The molecule has 1 aliphatic rings. The zero-order valence-corrected chi connectivity index (χ0v) is 10.1. The summed E-state index contributed by atoms with van der Waals surface area (Å²) in [5.41, 5.74) is 4.13. The molecule has 88 valence electrons. The number of methoxy groups -OCH3 is 1. The maximum absolute atomic E-state index is 11.9. The van der Waals surface area contributed by atoms with Crippen LogP contribution in [0.1, 0.15) is 34.5 Å². The van der Waals surface area contributed by atoms with Gasteiger partial charge in [-0.25, -0.2) is 0 Å². The summed E-state index contributed by atoms with van der Waals surface area (Å²) < 4.78 is 5.41. The molecule has 3 rings (SSSR count). The van der Waals surface area contributed by atoms with E-state index in [0.717, 1.165) is 46.3 Å². The van der Waals surface area contributed by atoms with Crippen molar-refractivity contribution in [1.29, 1.82) is 0 Å². The van der Waals surface area contributed by atoms with Crippen LogP contribution in [0.25, 0.3) is 10.9 Å². The number of benzene rings is 1. The van der Waals surface area contributed by atoms with Crippen LogP contribution < -0.4 is 4.74 Å². The summed E-state index contributed by atoms with van der Waals surface area (Å²) in [5, 5.41) is 1.09. The van der Waals surface area contributed by atoms with Gasteiger partial charge in [-0.1, -0.05) is 6.07 Å². The number of aryl methyl sites for hydroxylation is 2. The molecule has 0 radical (unpaired) electrons. The number of ether oxygens (including phenoxy) is 1. The average molecular weight is 229 g/mol. The van der Waals surface area contributed by atoms with Gasteiger partial charge in [0.05, 0.1) is 18.3 Å². The summed E-state index contributed by atoms with van der Waals surface area (Å²) in [6.45, 7) is 2.05. The van der Waals surface area contributed by atoms with E-state index in [1.165, 1.54) is 0 Å². The summed E-state index contributed by atoms with van der Waals surface area (Å²) in [6.07, 6.45) is 2.55. The minimum Gasteiger partial charge on any atom is -0.496 e. The third-order valence-corrected chi connectivity index (χ3v) is 3.56. The van der Waals surface area contributed by atoms with Gasteiger partial charge in [-0.3, -0.25) is 4.79 Å². The van der Waals surface area contributed by atoms with Crippen LogP contribution in [0, 0.1) is 6.92 Å². The molecule has 3 heteroatoms. The van der Waals surface area contributed by atoms with Crippen LogP contribution in [-0.2, 0) is 6.42 Å². The number of hydrogen-bond donors (Lipinski definition) is 1. The van der Waals surface area contributed by atoms with Crippen molar-refractivity contribution in [3.05, 3.63) is 29.0 Å². The highest BCUT2D eigenvalue weighted by atomic mass is 16.5. The van der Waals surface area contributed by atoms with Gasteiger partial charge in [0.15, 0.2) is 5.78 Å². The Labute approximate surface area is 99.8 Å². The van der Waals surface area contributed by atoms with E-state index in [9.17, 15) is 4.79 Å². The van der Waals surface area contributed by atoms with Crippen molar-refractivity contribution in [1.82, 2.24) is 4.98 Å². The average Bonchev–Trinajstić information content (AvgIpc) is 2.72. The molecule has 0 saturated carbocycles. The van der Waals surface area contributed by atoms with E-state index in [2.05, 4.69) is 4.98 Å². The van der Waals surface area contributed by atoms with Crippen molar-refractivity contribution in [2.24, 2.45) is 0 Å². The highest BCUT2D eigenvalue weighted by molar-refractivity contribution is 6.05. The monoisotopic (exact) mass is 229 g/mol. The Morgan fingerprint density at radius 1 is 1.29 bits per heavy atom. The van der Waals surface area contributed by atoms with Crippen molar-refractivity contribution in [3.8, 4) is 5.75 Å². The van der Waals surface area contributed by atoms with Crippen LogP contribution in [0.2, 0.25) is 0 Å². The molecule has 0 spiro atoms. The second-order valence-corrected chi connectivity index (χ2v) is 4.59. The lowest BCUT2D eigenvalue weighted by atomic mass is 9.94. The van der Waals surface area contributed by atoms with Gasteiger partial charge in [0.25, 0.3) is 0 Å². The molecule has 1 aliphatic carbocycles. The van der Waals surface area contributed by atoms with Crippen molar-refractivity contribution in [2.75, 3.05) is 7.11 Å². The predicted molar refractivity (Wildman–Crippen MR) is 66.9 cm³/mol. The minimum absolute atomic E-state index is 0.226. The fourth-order valence-corrected chi connectivity index (χ4v) is 2.68. The number of carbonyl (C=O) groups excluding carboxylic acids is 1. The third kappa shape index (κ3) is 1.38. The fraction of sp³-hybridized carbons (Fsp3) is 0.357. The molecule has 1 aromatic carbocycles. The summed E-state index contributed by atoms with van der Waals surface area (Å²) in [6, 6.07) is 4.00. The molecular weight excluding hydrogens is 214 g/mol. The standard InChI is InChI=1S/C14H15NO2/c1-8-6-7-11(17-2)12-9-4-3-5-10(16)14(9)15-13(8)12/h6-7,15H,3-5H2,1-2H3. The second kappa shape index (κ2) is 3.62. The van der Waals surface area contributed by atoms with Gasteiger partial charge in [-0.05, 0) is 37.0 Å². The molecule has 1 N–H and O–H groups in total. The first kappa shape index (κ1) is 10.4. The highest BCUT2D eigenvalue weighted by Gasteiger charge is 2.24. The maximum atomic E-state index is 11.9. The Morgan fingerprint density at radius 3 is 2.88 bits per heavy atom. The highest BCUT2D eigenvalue weighted by Crippen LogP contribution is 2.36. The van der Waals surface area contributed by atoms with Gasteiger partial charge in [-0.2, -0.15) is 0 Å². The fourth-order valence-electron chi connectivity index (χ4n) is 2.68. The number of Topliss-reactive ketones (excluding diaryl/α,β-unsaturated/α-hetero) is 1. The SMILES string of the molecule is COc1ccc(C)c2[nH]c3c(c12)CCCC3=O. The largest absolute Gasteiger partial charge is 0.496 e. The van der Waals surface area contributed by atoms with Crippen LogP contribution >= 0.6 is 0 Å². The van der Waals surface area contributed by atoms with Crippen LogP contribution in [0.3, 0.4) is 0 Å². The molecule has 1 aromatic heterocycles. The first-order chi connectivity index (χ1) is 8.22. The van der Waals surface area contributed by atoms with E-state index in [-0.39, 0.29) is 5.78 Å². The maximum Gasteiger partial charge on any atom is 0.179 e. The Balaban J connectivity index is 2.41. The van der Waals surface area contributed by atoms with E-state index in [4.69, 9.17) is 4.74 Å². The second-order valence-electron chi connectivity index (χ2n) is 4.59. The lowest BCUT2D eigenvalue weighted by molar-refractivity contribution is 0.0968. The molecular formula is C14H15NO2. The molecule has 1 heterocycles. The Kier molecular flexibility index (Phi) is 2.21. The third-order valence-electron chi connectivity index (χ3n) is 3.56. The summed E-state index contributed by atoms with van der Waals surface area (Å²) in [7, 11) is 1.67. The van der Waals surface area contributed by atoms with Crippen LogP contribution in [0.15, 0.2) is 12.1 Å². The van der Waals surface area contributed by atoms with Crippen molar-refractivity contribution in [2.45, 2.75) is 26.2 Å². The van der Waals surface area contributed by atoms with Crippen LogP contribution in [-0.4, -0.2) is 17.9 Å². The first-order valence-corrected chi connectivity index (χ1v) is 5.93. The molecule has 0 saturated heterocycles. The number of nitrogens with one attached hydrogen (secondary N) is 1. The molecule has 0 atom stereocenters. The molecule has 3 nitrogen and oxygen atoms in total. The molecule has 0 bridgehead atoms. The first-order valence-electron chi connectivity index (χ1n) is 5.93. The van der Waals surface area contributed by atoms with Crippen LogP contribution in [0.5, 0.6) is 5.75 Å². The summed E-state index contributed by atoms with van der Waals surface area (Å²) in [4.78, 5) is 15.2. The zero-order chi connectivity index (χ0) is 12.0. The van der Waals surface area contributed by atoms with Crippen LogP contribution in [0.4, 0.5) is 0 Å². The van der Waals surface area contributed by atoms with E-state index in [1.807, 2.05) is 19.1 Å². The van der Waals surface area contributed by atoms with E-state index in [0.29, 0.717) is 6.42 Å². The topological polar surface area (TPSA) is 42.1 Å². The molecule has 0 aliphatic heterocycles. The van der Waals surface area contributed by atoms with Crippen molar-refractivity contribution < 1.29 is 9.53 Å². The van der Waals surface area contributed by atoms with Gasteiger partial charge < -0.3 is 9.72 Å².